The number of hydrogen-bond acceptors (Lipinski definition) is 3. The number of rotatable bonds is 4. The summed E-state index contributed by atoms with van der Waals surface area (Å²) < 4.78 is 0. The van der Waals surface area contributed by atoms with E-state index in [1.165, 1.54) is 11.1 Å². The van der Waals surface area contributed by atoms with Gasteiger partial charge in [0.25, 0.3) is 0 Å². The molecule has 2 aromatic rings. The predicted octanol–water partition coefficient (Wildman–Crippen LogP) is 3.39. The number of nitrogens with one attached hydrogen (secondary N) is 1. The summed E-state index contributed by atoms with van der Waals surface area (Å²) in [5.41, 5.74) is 5.44. The maximum atomic E-state index is 5.90. The molecule has 1 aromatic heterocycles. The Morgan fingerprint density at radius 3 is 2.94 bits per heavy atom. The lowest BCUT2D eigenvalue weighted by Crippen LogP contribution is -2.13. The molecule has 4 heteroatoms. The molecule has 0 saturated heterocycles. The molecular weight excluding hydrogens is 240 g/mol. The summed E-state index contributed by atoms with van der Waals surface area (Å²) in [5.74, 6) is 0. The Kier molecular flexibility index (Phi) is 3.93. The Labute approximate surface area is 104 Å². The van der Waals surface area contributed by atoms with Crippen LogP contribution in [0.25, 0.3) is 0 Å². The van der Waals surface area contributed by atoms with Crippen LogP contribution in [0.15, 0.2) is 29.1 Å². The molecule has 2 nitrogen and oxygen atoms in total. The first-order valence-electron chi connectivity index (χ1n) is 5.08. The third kappa shape index (κ3) is 3.04. The number of thiazole rings is 1. The second-order valence-corrected chi connectivity index (χ2v) is 4.81. The molecule has 1 N–H and O–H groups in total. The van der Waals surface area contributed by atoms with Crippen LogP contribution in [0.3, 0.4) is 0 Å². The molecule has 0 saturated carbocycles. The molecule has 0 atom stereocenters. The van der Waals surface area contributed by atoms with Gasteiger partial charge in [-0.2, -0.15) is 0 Å². The zero-order valence-corrected chi connectivity index (χ0v) is 10.6. The summed E-state index contributed by atoms with van der Waals surface area (Å²) in [6.07, 6.45) is 0. The van der Waals surface area contributed by atoms with Crippen molar-refractivity contribution in [1.82, 2.24) is 10.3 Å². The third-order valence-corrected chi connectivity index (χ3v) is 3.28. The fraction of sp³-hybridized carbons (Fsp3) is 0.250. The second-order valence-electron chi connectivity index (χ2n) is 3.65. The Morgan fingerprint density at radius 2 is 2.25 bits per heavy atom. The normalized spacial score (nSPS) is 10.6. The molecule has 1 aromatic carbocycles. The Hall–Kier alpha value is -0.900. The van der Waals surface area contributed by atoms with E-state index in [2.05, 4.69) is 28.7 Å². The van der Waals surface area contributed by atoms with Crippen molar-refractivity contribution >= 4 is 22.9 Å². The molecular formula is C12H13ClN2S. The van der Waals surface area contributed by atoms with Gasteiger partial charge in [0.05, 0.1) is 11.2 Å². The van der Waals surface area contributed by atoms with Gasteiger partial charge in [-0.15, -0.1) is 11.3 Å². The molecule has 0 bridgehead atoms. The largest absolute Gasteiger partial charge is 0.307 e. The first-order chi connectivity index (χ1) is 7.75. The molecule has 0 aliphatic rings. The van der Waals surface area contributed by atoms with Crippen LogP contribution in [-0.2, 0) is 13.1 Å². The van der Waals surface area contributed by atoms with E-state index in [0.717, 1.165) is 23.8 Å². The number of nitrogens with zero attached hydrogens (tertiary/aromatic N) is 1. The molecule has 16 heavy (non-hydrogen) atoms. The SMILES string of the molecule is Cc1cc(Cl)ccc1CNCc1cscn1. The first-order valence-corrected chi connectivity index (χ1v) is 6.40. The van der Waals surface area contributed by atoms with Crippen LogP contribution < -0.4 is 5.32 Å². The summed E-state index contributed by atoms with van der Waals surface area (Å²) >= 11 is 7.53. The summed E-state index contributed by atoms with van der Waals surface area (Å²) in [4.78, 5) is 4.22. The maximum Gasteiger partial charge on any atom is 0.0795 e. The highest BCUT2D eigenvalue weighted by Gasteiger charge is 1.99. The van der Waals surface area contributed by atoms with Gasteiger partial charge in [-0.25, -0.2) is 4.98 Å². The van der Waals surface area contributed by atoms with E-state index < -0.39 is 0 Å². The number of aromatic nitrogens is 1. The van der Waals surface area contributed by atoms with Crippen molar-refractivity contribution in [3.63, 3.8) is 0 Å². The van der Waals surface area contributed by atoms with Crippen LogP contribution in [0.1, 0.15) is 16.8 Å². The average Bonchev–Trinajstić information content (AvgIpc) is 2.74. The first kappa shape index (κ1) is 11.6. The van der Waals surface area contributed by atoms with Gasteiger partial charge in [0, 0.05) is 23.5 Å². The summed E-state index contributed by atoms with van der Waals surface area (Å²) in [6.45, 7) is 3.73. The second kappa shape index (κ2) is 5.43. The Balaban J connectivity index is 1.90. The van der Waals surface area contributed by atoms with E-state index in [9.17, 15) is 0 Å². The number of halogens is 1. The minimum atomic E-state index is 0.792. The van der Waals surface area contributed by atoms with Crippen molar-refractivity contribution in [2.75, 3.05) is 0 Å². The van der Waals surface area contributed by atoms with E-state index in [0.29, 0.717) is 0 Å². The van der Waals surface area contributed by atoms with Crippen LogP contribution >= 0.6 is 22.9 Å². The quantitative estimate of drug-likeness (QED) is 0.902. The van der Waals surface area contributed by atoms with Crippen LogP contribution in [0.4, 0.5) is 0 Å². The van der Waals surface area contributed by atoms with Crippen LogP contribution in [0.5, 0.6) is 0 Å². The zero-order chi connectivity index (χ0) is 11.4. The van der Waals surface area contributed by atoms with Crippen molar-refractivity contribution in [3.8, 4) is 0 Å². The van der Waals surface area contributed by atoms with Crippen molar-refractivity contribution < 1.29 is 0 Å². The van der Waals surface area contributed by atoms with Gasteiger partial charge in [0.1, 0.15) is 0 Å². The van der Waals surface area contributed by atoms with E-state index >= 15 is 0 Å². The molecule has 0 aliphatic carbocycles. The third-order valence-electron chi connectivity index (χ3n) is 2.41. The fourth-order valence-electron chi connectivity index (χ4n) is 1.51. The van der Waals surface area contributed by atoms with Crippen molar-refractivity contribution in [2.24, 2.45) is 0 Å². The monoisotopic (exact) mass is 252 g/mol. The summed E-state index contributed by atoms with van der Waals surface area (Å²) in [6, 6.07) is 5.97. The van der Waals surface area contributed by atoms with Gasteiger partial charge < -0.3 is 5.32 Å². The zero-order valence-electron chi connectivity index (χ0n) is 9.03. The maximum absolute atomic E-state index is 5.90. The lowest BCUT2D eigenvalue weighted by atomic mass is 10.1. The number of benzene rings is 1. The molecule has 1 heterocycles. The molecule has 84 valence electrons. The molecule has 0 unspecified atom stereocenters. The molecule has 2 rings (SSSR count). The minimum Gasteiger partial charge on any atom is -0.307 e. The molecule has 0 fully saturated rings. The Morgan fingerprint density at radius 1 is 1.38 bits per heavy atom. The van der Waals surface area contributed by atoms with Crippen LogP contribution in [-0.4, -0.2) is 4.98 Å². The highest BCUT2D eigenvalue weighted by molar-refractivity contribution is 7.07. The lowest BCUT2D eigenvalue weighted by molar-refractivity contribution is 0.680. The van der Waals surface area contributed by atoms with Crippen molar-refractivity contribution in [3.05, 3.63) is 50.9 Å². The number of aryl methyl sites for hydroxylation is 1. The van der Waals surface area contributed by atoms with Gasteiger partial charge >= 0.3 is 0 Å². The van der Waals surface area contributed by atoms with Gasteiger partial charge in [0.2, 0.25) is 0 Å². The fourth-order valence-corrected chi connectivity index (χ4v) is 2.29. The standard InChI is InChI=1S/C12H13ClN2S/c1-9-4-11(13)3-2-10(9)5-14-6-12-7-16-8-15-12/h2-4,7-8,14H,5-6H2,1H3. The molecule has 0 amide bonds. The molecule has 0 spiro atoms. The van der Waals surface area contributed by atoms with Gasteiger partial charge in [-0.05, 0) is 30.2 Å². The molecule has 0 aliphatic heterocycles. The highest BCUT2D eigenvalue weighted by atomic mass is 35.5. The topological polar surface area (TPSA) is 24.9 Å². The smallest absolute Gasteiger partial charge is 0.0795 e. The average molecular weight is 253 g/mol. The van der Waals surface area contributed by atoms with E-state index in [4.69, 9.17) is 11.6 Å². The minimum absolute atomic E-state index is 0.792. The number of hydrogen-bond donors (Lipinski definition) is 1. The van der Waals surface area contributed by atoms with Crippen molar-refractivity contribution in [1.29, 1.82) is 0 Å². The van der Waals surface area contributed by atoms with Gasteiger partial charge in [-0.3, -0.25) is 0 Å². The predicted molar refractivity (Wildman–Crippen MR) is 68.8 cm³/mol. The molecule has 0 radical (unpaired) electrons. The van der Waals surface area contributed by atoms with Crippen LogP contribution in [0, 0.1) is 6.92 Å². The highest BCUT2D eigenvalue weighted by Crippen LogP contribution is 2.15. The summed E-state index contributed by atoms with van der Waals surface area (Å²) in [5, 5.41) is 6.22. The van der Waals surface area contributed by atoms with Crippen molar-refractivity contribution in [2.45, 2.75) is 20.0 Å². The summed E-state index contributed by atoms with van der Waals surface area (Å²) in [7, 11) is 0. The van der Waals surface area contributed by atoms with E-state index in [1.807, 2.05) is 17.6 Å². The van der Waals surface area contributed by atoms with E-state index in [1.54, 1.807) is 11.3 Å². The van der Waals surface area contributed by atoms with Crippen LogP contribution in [0.2, 0.25) is 5.02 Å². The lowest BCUT2D eigenvalue weighted by Gasteiger charge is -2.07. The Bertz CT molecular complexity index is 454. The van der Waals surface area contributed by atoms with Gasteiger partial charge in [0.15, 0.2) is 0 Å². The van der Waals surface area contributed by atoms with Gasteiger partial charge in [-0.1, -0.05) is 17.7 Å². The van der Waals surface area contributed by atoms with E-state index in [-0.39, 0.29) is 0 Å².